The summed E-state index contributed by atoms with van der Waals surface area (Å²) in [6.07, 6.45) is 0. The van der Waals surface area contributed by atoms with Crippen molar-refractivity contribution in [3.63, 3.8) is 0 Å². The SMILES string of the molecule is COc1ccc(NC(=O)C[NH+](C)Cc2ccc(Cl)c(Cl)c2)cc1. The van der Waals surface area contributed by atoms with Gasteiger partial charge in [-0.1, -0.05) is 29.3 Å². The molecular weight excluding hydrogens is 335 g/mol. The number of rotatable bonds is 6. The number of likely N-dealkylation sites (N-methyl/N-ethyl adjacent to an activating group) is 1. The second kappa shape index (κ2) is 8.20. The van der Waals surface area contributed by atoms with Crippen LogP contribution in [0.1, 0.15) is 5.56 Å². The number of quaternary nitrogens is 1. The number of methoxy groups -OCH3 is 1. The lowest BCUT2D eigenvalue weighted by Gasteiger charge is -2.14. The Balaban J connectivity index is 1.87. The van der Waals surface area contributed by atoms with Crippen LogP contribution >= 0.6 is 23.2 Å². The summed E-state index contributed by atoms with van der Waals surface area (Å²) in [6.45, 7) is 1.04. The smallest absolute Gasteiger partial charge is 0.279 e. The minimum Gasteiger partial charge on any atom is -0.497 e. The van der Waals surface area contributed by atoms with Gasteiger partial charge in [-0.3, -0.25) is 4.79 Å². The number of carbonyl (C=O) groups excluding carboxylic acids is 1. The van der Waals surface area contributed by atoms with Crippen LogP contribution in [0.3, 0.4) is 0 Å². The first-order valence-electron chi connectivity index (χ1n) is 7.17. The summed E-state index contributed by atoms with van der Waals surface area (Å²) in [5, 5.41) is 3.93. The highest BCUT2D eigenvalue weighted by molar-refractivity contribution is 6.42. The molecule has 0 aromatic heterocycles. The maximum absolute atomic E-state index is 12.1. The van der Waals surface area contributed by atoms with Crippen LogP contribution in [0.2, 0.25) is 10.0 Å². The van der Waals surface area contributed by atoms with Gasteiger partial charge in [0.15, 0.2) is 6.54 Å². The van der Waals surface area contributed by atoms with Crippen molar-refractivity contribution < 1.29 is 14.4 Å². The number of benzene rings is 2. The molecule has 0 saturated carbocycles. The lowest BCUT2D eigenvalue weighted by molar-refractivity contribution is -0.885. The Morgan fingerprint density at radius 2 is 1.83 bits per heavy atom. The molecule has 4 nitrogen and oxygen atoms in total. The zero-order chi connectivity index (χ0) is 16.8. The van der Waals surface area contributed by atoms with E-state index >= 15 is 0 Å². The maximum atomic E-state index is 12.1. The van der Waals surface area contributed by atoms with Crippen LogP contribution in [0.4, 0.5) is 5.69 Å². The van der Waals surface area contributed by atoms with Gasteiger partial charge in [0.2, 0.25) is 0 Å². The van der Waals surface area contributed by atoms with Crippen molar-refractivity contribution in [2.75, 3.05) is 26.0 Å². The van der Waals surface area contributed by atoms with Gasteiger partial charge in [-0.2, -0.15) is 0 Å². The van der Waals surface area contributed by atoms with E-state index in [0.29, 0.717) is 23.1 Å². The third-order valence-corrected chi connectivity index (χ3v) is 4.07. The average molecular weight is 354 g/mol. The minimum absolute atomic E-state index is 0.0484. The van der Waals surface area contributed by atoms with Crippen LogP contribution in [-0.2, 0) is 11.3 Å². The number of carbonyl (C=O) groups is 1. The monoisotopic (exact) mass is 353 g/mol. The normalized spacial score (nSPS) is 11.8. The van der Waals surface area contributed by atoms with E-state index in [1.54, 1.807) is 13.2 Å². The molecule has 0 spiro atoms. The molecule has 6 heteroatoms. The summed E-state index contributed by atoms with van der Waals surface area (Å²) >= 11 is 11.9. The summed E-state index contributed by atoms with van der Waals surface area (Å²) in [4.78, 5) is 13.1. The van der Waals surface area contributed by atoms with Gasteiger partial charge in [0.05, 0.1) is 24.2 Å². The molecule has 122 valence electrons. The molecule has 1 unspecified atom stereocenters. The number of hydrogen-bond acceptors (Lipinski definition) is 2. The van der Waals surface area contributed by atoms with Gasteiger partial charge in [0, 0.05) is 11.3 Å². The number of ether oxygens (including phenoxy) is 1. The van der Waals surface area contributed by atoms with Crippen molar-refractivity contribution in [1.29, 1.82) is 0 Å². The molecule has 0 aliphatic heterocycles. The van der Waals surface area contributed by atoms with E-state index in [1.807, 2.05) is 43.4 Å². The van der Waals surface area contributed by atoms with Crippen LogP contribution in [0.5, 0.6) is 5.75 Å². The predicted molar refractivity (Wildman–Crippen MR) is 93.5 cm³/mol. The molecule has 0 heterocycles. The number of nitrogens with one attached hydrogen (secondary N) is 2. The second-order valence-corrected chi connectivity index (χ2v) is 6.15. The fourth-order valence-electron chi connectivity index (χ4n) is 2.21. The number of hydrogen-bond donors (Lipinski definition) is 2. The third kappa shape index (κ3) is 5.43. The predicted octanol–water partition coefficient (Wildman–Crippen LogP) is 2.66. The van der Waals surface area contributed by atoms with Gasteiger partial charge in [0.1, 0.15) is 12.3 Å². The zero-order valence-corrected chi connectivity index (χ0v) is 14.5. The highest BCUT2D eigenvalue weighted by Gasteiger charge is 2.12. The molecule has 2 rings (SSSR count). The van der Waals surface area contributed by atoms with Crippen LogP contribution in [-0.4, -0.2) is 26.6 Å². The molecule has 23 heavy (non-hydrogen) atoms. The molecule has 2 N–H and O–H groups in total. The van der Waals surface area contributed by atoms with E-state index in [9.17, 15) is 4.79 Å². The Hall–Kier alpha value is -1.75. The summed E-state index contributed by atoms with van der Waals surface area (Å²) in [5.41, 5.74) is 1.78. The van der Waals surface area contributed by atoms with Gasteiger partial charge >= 0.3 is 0 Å². The molecule has 0 bridgehead atoms. The molecule has 0 aliphatic carbocycles. The summed E-state index contributed by atoms with van der Waals surface area (Å²) in [6, 6.07) is 12.7. The molecule has 0 radical (unpaired) electrons. The first-order valence-corrected chi connectivity index (χ1v) is 7.92. The van der Waals surface area contributed by atoms with E-state index < -0.39 is 0 Å². The summed E-state index contributed by atoms with van der Waals surface area (Å²) in [7, 11) is 3.56. The van der Waals surface area contributed by atoms with Gasteiger partial charge in [-0.05, 0) is 36.4 Å². The Morgan fingerprint density at radius 1 is 1.13 bits per heavy atom. The van der Waals surface area contributed by atoms with Gasteiger partial charge in [0.25, 0.3) is 5.91 Å². The van der Waals surface area contributed by atoms with Gasteiger partial charge in [-0.15, -0.1) is 0 Å². The lowest BCUT2D eigenvalue weighted by atomic mass is 10.2. The van der Waals surface area contributed by atoms with Gasteiger partial charge in [-0.25, -0.2) is 0 Å². The number of anilines is 1. The summed E-state index contributed by atoms with van der Waals surface area (Å²) < 4.78 is 5.09. The molecular formula is C17H19Cl2N2O2+. The van der Waals surface area contributed by atoms with Crippen molar-refractivity contribution in [3.05, 3.63) is 58.1 Å². The van der Waals surface area contributed by atoms with Crippen LogP contribution < -0.4 is 15.0 Å². The largest absolute Gasteiger partial charge is 0.497 e. The maximum Gasteiger partial charge on any atom is 0.279 e. The average Bonchev–Trinajstić information content (AvgIpc) is 2.51. The fourth-order valence-corrected chi connectivity index (χ4v) is 2.53. The first kappa shape index (κ1) is 17.6. The second-order valence-electron chi connectivity index (χ2n) is 5.34. The topological polar surface area (TPSA) is 42.8 Å². The Morgan fingerprint density at radius 3 is 2.43 bits per heavy atom. The quantitative estimate of drug-likeness (QED) is 0.838. The number of halogens is 2. The highest BCUT2D eigenvalue weighted by atomic mass is 35.5. The van der Waals surface area contributed by atoms with Crippen molar-refractivity contribution in [2.24, 2.45) is 0 Å². The molecule has 2 aromatic rings. The van der Waals surface area contributed by atoms with E-state index in [0.717, 1.165) is 21.9 Å². The standard InChI is InChI=1S/C17H18Cl2N2O2/c1-21(10-12-3-8-15(18)16(19)9-12)11-17(22)20-13-4-6-14(23-2)7-5-13/h3-9H,10-11H2,1-2H3,(H,20,22)/p+1. The summed E-state index contributed by atoms with van der Waals surface area (Å²) in [5.74, 6) is 0.707. The zero-order valence-electron chi connectivity index (χ0n) is 13.0. The van der Waals surface area contributed by atoms with Crippen molar-refractivity contribution in [3.8, 4) is 5.75 Å². The third-order valence-electron chi connectivity index (χ3n) is 3.33. The van der Waals surface area contributed by atoms with Crippen molar-refractivity contribution in [2.45, 2.75) is 6.54 Å². The van der Waals surface area contributed by atoms with E-state index in [4.69, 9.17) is 27.9 Å². The van der Waals surface area contributed by atoms with Gasteiger partial charge < -0.3 is 15.0 Å². The highest BCUT2D eigenvalue weighted by Crippen LogP contribution is 2.22. The number of amides is 1. The Labute approximate surface area is 146 Å². The van der Waals surface area contributed by atoms with Crippen molar-refractivity contribution >= 4 is 34.8 Å². The van der Waals surface area contributed by atoms with E-state index in [1.165, 1.54) is 0 Å². The van der Waals surface area contributed by atoms with Crippen LogP contribution in [0, 0.1) is 0 Å². The minimum atomic E-state index is -0.0484. The lowest BCUT2D eigenvalue weighted by Crippen LogP contribution is -3.08. The van der Waals surface area contributed by atoms with Crippen LogP contribution in [0.15, 0.2) is 42.5 Å². The Kier molecular flexibility index (Phi) is 6.28. The molecule has 0 aliphatic rings. The van der Waals surface area contributed by atoms with Crippen molar-refractivity contribution in [1.82, 2.24) is 0 Å². The van der Waals surface area contributed by atoms with E-state index in [2.05, 4.69) is 5.32 Å². The molecule has 0 fully saturated rings. The Bertz CT molecular complexity index is 675. The molecule has 1 amide bonds. The molecule has 0 saturated heterocycles. The molecule has 1 atom stereocenters. The van der Waals surface area contributed by atoms with Crippen LogP contribution in [0.25, 0.3) is 0 Å². The fraction of sp³-hybridized carbons (Fsp3) is 0.235. The molecule has 2 aromatic carbocycles. The first-order chi connectivity index (χ1) is 11.0. The van der Waals surface area contributed by atoms with E-state index in [-0.39, 0.29) is 5.91 Å².